The fraction of sp³-hybridized carbons (Fsp3) is 0.500. The van der Waals surface area contributed by atoms with Gasteiger partial charge in [-0.05, 0) is 125 Å². The van der Waals surface area contributed by atoms with Gasteiger partial charge in [0.25, 0.3) is 0 Å². The molecular weight excluding hydrogens is 340 g/mol. The second-order valence-corrected chi connectivity index (χ2v) is 8.95. The molecule has 0 aliphatic heterocycles. The van der Waals surface area contributed by atoms with E-state index in [0.29, 0.717) is 6.54 Å². The van der Waals surface area contributed by atoms with E-state index in [0.717, 1.165) is 12.1 Å². The molecule has 2 aromatic rings. The minimum absolute atomic E-state index is 0.533. The largest absolute Gasteiger partial charge is 0.300 e. The Morgan fingerprint density at radius 3 is 1.64 bits per heavy atom. The van der Waals surface area contributed by atoms with E-state index in [2.05, 4.69) is 92.5 Å². The Hall–Kier alpha value is -2.11. The third-order valence-electron chi connectivity index (χ3n) is 6.98. The Morgan fingerprint density at radius 1 is 0.786 bits per heavy atom. The molecule has 0 aliphatic rings. The lowest BCUT2D eigenvalue weighted by Gasteiger charge is -2.31. The lowest BCUT2D eigenvalue weighted by atomic mass is 9.81. The molecule has 1 atom stereocenters. The van der Waals surface area contributed by atoms with Crippen molar-refractivity contribution in [1.82, 2.24) is 4.90 Å². The van der Waals surface area contributed by atoms with E-state index in [1.165, 1.54) is 50.1 Å². The van der Waals surface area contributed by atoms with Gasteiger partial charge in [0.15, 0.2) is 0 Å². The zero-order chi connectivity index (χ0) is 21.4. The molecule has 0 N–H and O–H groups in total. The van der Waals surface area contributed by atoms with Gasteiger partial charge in [-0.2, -0.15) is 5.26 Å². The quantitative estimate of drug-likeness (QED) is 0.633. The Labute approximate surface area is 172 Å². The molecule has 0 fully saturated rings. The fourth-order valence-corrected chi connectivity index (χ4v) is 4.23. The van der Waals surface area contributed by atoms with Crippen molar-refractivity contribution >= 4 is 0 Å². The van der Waals surface area contributed by atoms with Crippen LogP contribution in [-0.4, -0.2) is 18.5 Å². The molecule has 2 aromatic carbocycles. The number of likely N-dealkylation sites (N-methyl/N-ethyl adjacent to an activating group) is 1. The first kappa shape index (κ1) is 22.2. The smallest absolute Gasteiger partial charge is 0.0920 e. The second kappa shape index (κ2) is 8.10. The van der Waals surface area contributed by atoms with Crippen LogP contribution in [0.3, 0.4) is 0 Å². The Bertz CT molecular complexity index is 894. The van der Waals surface area contributed by atoms with Crippen molar-refractivity contribution in [3.05, 3.63) is 67.8 Å². The summed E-state index contributed by atoms with van der Waals surface area (Å²) in [7, 11) is 2.13. The van der Waals surface area contributed by atoms with Gasteiger partial charge in [-0.1, -0.05) is 12.1 Å². The van der Waals surface area contributed by atoms with Crippen LogP contribution in [-0.2, 0) is 12.0 Å². The van der Waals surface area contributed by atoms with Crippen LogP contribution in [0.2, 0.25) is 0 Å². The zero-order valence-corrected chi connectivity index (χ0v) is 19.5. The predicted molar refractivity (Wildman–Crippen MR) is 120 cm³/mol. The van der Waals surface area contributed by atoms with Crippen LogP contribution in [0, 0.1) is 66.7 Å². The van der Waals surface area contributed by atoms with Gasteiger partial charge in [0, 0.05) is 13.1 Å². The van der Waals surface area contributed by atoms with Crippen LogP contribution < -0.4 is 0 Å². The van der Waals surface area contributed by atoms with E-state index in [9.17, 15) is 5.26 Å². The summed E-state index contributed by atoms with van der Waals surface area (Å²) in [5.74, 6) is 0. The predicted octanol–water partition coefficient (Wildman–Crippen LogP) is 6.07. The summed E-state index contributed by atoms with van der Waals surface area (Å²) >= 11 is 0. The molecular formula is C26H36N2. The molecule has 0 aromatic heterocycles. The van der Waals surface area contributed by atoms with Gasteiger partial charge in [0.1, 0.15) is 0 Å². The molecule has 150 valence electrons. The van der Waals surface area contributed by atoms with Gasteiger partial charge in [0.05, 0.1) is 11.5 Å². The van der Waals surface area contributed by atoms with E-state index >= 15 is 0 Å². The van der Waals surface area contributed by atoms with Crippen molar-refractivity contribution in [3.8, 4) is 6.07 Å². The van der Waals surface area contributed by atoms with Crippen LogP contribution in [0.4, 0.5) is 0 Å². The number of nitrogens with zero attached hydrogens (tertiary/aromatic N) is 2. The minimum Gasteiger partial charge on any atom is -0.300 e. The first-order chi connectivity index (χ1) is 12.9. The monoisotopic (exact) mass is 376 g/mol. The number of hydrogen-bond acceptors (Lipinski definition) is 2. The number of hydrogen-bond donors (Lipinski definition) is 0. The lowest BCUT2D eigenvalue weighted by molar-refractivity contribution is 0.280. The van der Waals surface area contributed by atoms with Gasteiger partial charge in [0.2, 0.25) is 0 Å². The standard InChI is InChI=1S/C26H36N2/c1-16-11-24(12-17(2)18(16)3)26(9,14-27)15-28(10)13-25-22(7)20(5)19(4)21(6)23(25)8/h11-12H,13,15H2,1-10H3. The second-order valence-electron chi connectivity index (χ2n) is 8.95. The molecule has 28 heavy (non-hydrogen) atoms. The molecule has 0 heterocycles. The maximum absolute atomic E-state index is 10.1. The van der Waals surface area contributed by atoms with Gasteiger partial charge in [-0.15, -0.1) is 0 Å². The summed E-state index contributed by atoms with van der Waals surface area (Å²) in [6.45, 7) is 21.2. The molecule has 0 radical (unpaired) electrons. The summed E-state index contributed by atoms with van der Waals surface area (Å²) in [4.78, 5) is 2.30. The summed E-state index contributed by atoms with van der Waals surface area (Å²) in [6.07, 6.45) is 0. The van der Waals surface area contributed by atoms with Crippen molar-refractivity contribution in [2.45, 2.75) is 74.3 Å². The lowest BCUT2D eigenvalue weighted by Crippen LogP contribution is -2.36. The van der Waals surface area contributed by atoms with Crippen LogP contribution in [0.5, 0.6) is 0 Å². The Morgan fingerprint density at radius 2 is 1.21 bits per heavy atom. The molecule has 0 spiro atoms. The Kier molecular flexibility index (Phi) is 6.41. The molecule has 2 rings (SSSR count). The van der Waals surface area contributed by atoms with Gasteiger partial charge < -0.3 is 4.90 Å². The molecule has 0 aliphatic carbocycles. The normalized spacial score (nSPS) is 13.5. The molecule has 0 amide bonds. The number of aryl methyl sites for hydroxylation is 2. The van der Waals surface area contributed by atoms with Crippen LogP contribution in [0.15, 0.2) is 12.1 Å². The van der Waals surface area contributed by atoms with Gasteiger partial charge in [-0.25, -0.2) is 0 Å². The summed E-state index contributed by atoms with van der Waals surface area (Å²) in [5.41, 5.74) is 12.8. The van der Waals surface area contributed by atoms with E-state index in [1.54, 1.807) is 0 Å². The van der Waals surface area contributed by atoms with E-state index in [1.807, 2.05) is 0 Å². The average molecular weight is 377 g/mol. The highest BCUT2D eigenvalue weighted by Gasteiger charge is 2.29. The summed E-state index contributed by atoms with van der Waals surface area (Å²) in [6, 6.07) is 6.99. The average Bonchev–Trinajstić information content (AvgIpc) is 2.65. The maximum Gasteiger partial charge on any atom is 0.0920 e. The van der Waals surface area contributed by atoms with Crippen molar-refractivity contribution in [1.29, 1.82) is 5.26 Å². The molecule has 0 saturated heterocycles. The van der Waals surface area contributed by atoms with Crippen LogP contribution in [0.1, 0.15) is 62.6 Å². The highest BCUT2D eigenvalue weighted by Crippen LogP contribution is 2.30. The van der Waals surface area contributed by atoms with Crippen molar-refractivity contribution in [2.75, 3.05) is 13.6 Å². The SMILES string of the molecule is Cc1cc(C(C)(C#N)CN(C)Cc2c(C)c(C)c(C)c(C)c2C)cc(C)c1C. The minimum atomic E-state index is -0.533. The molecule has 0 saturated carbocycles. The number of rotatable bonds is 5. The van der Waals surface area contributed by atoms with Gasteiger partial charge in [-0.3, -0.25) is 0 Å². The Balaban J connectivity index is 2.36. The molecule has 1 unspecified atom stereocenters. The first-order valence-electron chi connectivity index (χ1n) is 10.2. The molecule has 2 nitrogen and oxygen atoms in total. The molecule has 0 bridgehead atoms. The number of nitriles is 1. The van der Waals surface area contributed by atoms with E-state index < -0.39 is 5.41 Å². The van der Waals surface area contributed by atoms with Crippen LogP contribution >= 0.6 is 0 Å². The van der Waals surface area contributed by atoms with Gasteiger partial charge >= 0.3 is 0 Å². The third kappa shape index (κ3) is 4.01. The molecule has 2 heteroatoms. The van der Waals surface area contributed by atoms with Crippen LogP contribution in [0.25, 0.3) is 0 Å². The van der Waals surface area contributed by atoms with E-state index in [-0.39, 0.29) is 0 Å². The van der Waals surface area contributed by atoms with E-state index in [4.69, 9.17) is 0 Å². The third-order valence-corrected chi connectivity index (χ3v) is 6.98. The zero-order valence-electron chi connectivity index (χ0n) is 19.5. The van der Waals surface area contributed by atoms with Crippen molar-refractivity contribution < 1.29 is 0 Å². The number of benzene rings is 2. The highest BCUT2D eigenvalue weighted by molar-refractivity contribution is 5.49. The summed E-state index contributed by atoms with van der Waals surface area (Å²) < 4.78 is 0. The van der Waals surface area contributed by atoms with Crippen molar-refractivity contribution in [3.63, 3.8) is 0 Å². The maximum atomic E-state index is 10.1. The highest BCUT2D eigenvalue weighted by atomic mass is 15.1. The first-order valence-corrected chi connectivity index (χ1v) is 10.2. The fourth-order valence-electron chi connectivity index (χ4n) is 4.23. The topological polar surface area (TPSA) is 27.0 Å². The van der Waals surface area contributed by atoms with Crippen molar-refractivity contribution in [2.24, 2.45) is 0 Å². The summed E-state index contributed by atoms with van der Waals surface area (Å²) in [5, 5.41) is 10.1.